The second-order valence-electron chi connectivity index (χ2n) is 4.69. The highest BCUT2D eigenvalue weighted by atomic mass is 19.3. The van der Waals surface area contributed by atoms with Crippen LogP contribution in [0.1, 0.15) is 32.8 Å². The van der Waals surface area contributed by atoms with Crippen molar-refractivity contribution < 1.29 is 23.4 Å². The van der Waals surface area contributed by atoms with E-state index in [-0.39, 0.29) is 11.2 Å². The quantitative estimate of drug-likeness (QED) is 0.880. The topological polar surface area (TPSA) is 46.5 Å². The van der Waals surface area contributed by atoms with Crippen molar-refractivity contribution >= 4 is 5.97 Å². The van der Waals surface area contributed by atoms with Gasteiger partial charge in [-0.25, -0.2) is 4.79 Å². The zero-order chi connectivity index (χ0) is 14.0. The Morgan fingerprint density at radius 1 is 1.28 bits per heavy atom. The Bertz CT molecular complexity index is 424. The normalized spacial score (nSPS) is 12.3. The Kier molecular flexibility index (Phi) is 3.94. The van der Waals surface area contributed by atoms with Crippen molar-refractivity contribution in [3.63, 3.8) is 0 Å². The van der Waals surface area contributed by atoms with Crippen molar-refractivity contribution in [2.24, 2.45) is 0 Å². The molecule has 0 aromatic heterocycles. The SMILES string of the molecule is CCC(C)(C)c1ccc(OC(F)(F)C(=O)O)cc1. The smallest absolute Gasteiger partial charge is 0.474 e. The molecule has 3 nitrogen and oxygen atoms in total. The number of halogens is 2. The molecule has 1 aromatic carbocycles. The molecule has 0 aliphatic carbocycles. The van der Waals surface area contributed by atoms with Gasteiger partial charge in [-0.1, -0.05) is 32.9 Å². The van der Waals surface area contributed by atoms with E-state index in [1.54, 1.807) is 12.1 Å². The lowest BCUT2D eigenvalue weighted by molar-refractivity contribution is -0.210. The Labute approximate surface area is 104 Å². The van der Waals surface area contributed by atoms with Crippen LogP contribution >= 0.6 is 0 Å². The van der Waals surface area contributed by atoms with E-state index >= 15 is 0 Å². The molecule has 0 radical (unpaired) electrons. The summed E-state index contributed by atoms with van der Waals surface area (Å²) in [4.78, 5) is 10.2. The summed E-state index contributed by atoms with van der Waals surface area (Å²) in [6.07, 6.45) is -3.31. The van der Waals surface area contributed by atoms with E-state index in [2.05, 4.69) is 4.74 Å². The molecule has 5 heteroatoms. The summed E-state index contributed by atoms with van der Waals surface area (Å²) in [6, 6.07) is 6.03. The molecule has 0 fully saturated rings. The maximum absolute atomic E-state index is 12.8. The molecule has 0 saturated heterocycles. The summed E-state index contributed by atoms with van der Waals surface area (Å²) < 4.78 is 29.8. The van der Waals surface area contributed by atoms with Gasteiger partial charge in [0, 0.05) is 0 Å². The maximum Gasteiger partial charge on any atom is 0.501 e. The van der Waals surface area contributed by atoms with Gasteiger partial charge >= 0.3 is 12.1 Å². The number of ether oxygens (including phenoxy) is 1. The monoisotopic (exact) mass is 258 g/mol. The Morgan fingerprint density at radius 2 is 1.78 bits per heavy atom. The zero-order valence-corrected chi connectivity index (χ0v) is 10.5. The first-order valence-corrected chi connectivity index (χ1v) is 5.60. The fourth-order valence-electron chi connectivity index (χ4n) is 1.37. The first kappa shape index (κ1) is 14.4. The molecule has 0 bridgehead atoms. The molecule has 0 saturated carbocycles. The molecular weight excluding hydrogens is 242 g/mol. The fraction of sp³-hybridized carbons (Fsp3) is 0.462. The van der Waals surface area contributed by atoms with Crippen LogP contribution in [0.25, 0.3) is 0 Å². The number of hydrogen-bond donors (Lipinski definition) is 1. The molecule has 100 valence electrons. The Balaban J connectivity index is 2.88. The molecule has 0 amide bonds. The molecule has 18 heavy (non-hydrogen) atoms. The van der Waals surface area contributed by atoms with E-state index in [9.17, 15) is 13.6 Å². The van der Waals surface area contributed by atoms with Crippen LogP contribution < -0.4 is 4.74 Å². The van der Waals surface area contributed by atoms with Crippen LogP contribution in [0.5, 0.6) is 5.75 Å². The van der Waals surface area contributed by atoms with E-state index in [1.807, 2.05) is 20.8 Å². The Morgan fingerprint density at radius 3 is 2.17 bits per heavy atom. The van der Waals surface area contributed by atoms with Crippen LogP contribution in [-0.2, 0) is 10.2 Å². The van der Waals surface area contributed by atoms with Crippen molar-refractivity contribution in [1.82, 2.24) is 0 Å². The van der Waals surface area contributed by atoms with Crippen molar-refractivity contribution in [2.45, 2.75) is 38.7 Å². The van der Waals surface area contributed by atoms with Crippen LogP contribution in [0.3, 0.4) is 0 Å². The fourth-order valence-corrected chi connectivity index (χ4v) is 1.37. The van der Waals surface area contributed by atoms with Crippen molar-refractivity contribution in [3.05, 3.63) is 29.8 Å². The summed E-state index contributed by atoms with van der Waals surface area (Å²) in [5, 5.41) is 8.25. The van der Waals surface area contributed by atoms with E-state index < -0.39 is 12.1 Å². The number of aliphatic carboxylic acids is 1. The second-order valence-corrected chi connectivity index (χ2v) is 4.69. The largest absolute Gasteiger partial charge is 0.501 e. The summed E-state index contributed by atoms with van der Waals surface area (Å²) >= 11 is 0. The number of carboxylic acids is 1. The number of alkyl halides is 2. The third kappa shape index (κ3) is 3.18. The number of hydrogen-bond acceptors (Lipinski definition) is 2. The van der Waals surface area contributed by atoms with Gasteiger partial charge in [0.05, 0.1) is 0 Å². The molecule has 0 unspecified atom stereocenters. The summed E-state index contributed by atoms with van der Waals surface area (Å²) in [6.45, 7) is 6.10. The van der Waals surface area contributed by atoms with E-state index in [0.717, 1.165) is 12.0 Å². The highest BCUT2D eigenvalue weighted by molar-refractivity contribution is 5.73. The van der Waals surface area contributed by atoms with Gasteiger partial charge in [-0.2, -0.15) is 8.78 Å². The molecular formula is C13H16F2O3. The molecule has 0 aliphatic heterocycles. The highest BCUT2D eigenvalue weighted by Crippen LogP contribution is 2.29. The standard InChI is InChI=1S/C13H16F2O3/c1-4-12(2,3)9-5-7-10(8-6-9)18-13(14,15)11(16)17/h5-8H,4H2,1-3H3,(H,16,17). The zero-order valence-electron chi connectivity index (χ0n) is 10.5. The summed E-state index contributed by atoms with van der Waals surface area (Å²) in [7, 11) is 0. The average molecular weight is 258 g/mol. The van der Waals surface area contributed by atoms with Crippen LogP contribution in [-0.4, -0.2) is 17.2 Å². The first-order valence-electron chi connectivity index (χ1n) is 5.60. The third-order valence-electron chi connectivity index (χ3n) is 3.01. The number of carboxylic acid groups (broad SMARTS) is 1. The van der Waals surface area contributed by atoms with Gasteiger partial charge in [-0.15, -0.1) is 0 Å². The summed E-state index contributed by atoms with van der Waals surface area (Å²) in [5.41, 5.74) is 0.921. The highest BCUT2D eigenvalue weighted by Gasteiger charge is 2.42. The van der Waals surface area contributed by atoms with Crippen molar-refractivity contribution in [3.8, 4) is 5.75 Å². The van der Waals surface area contributed by atoms with Gasteiger partial charge < -0.3 is 9.84 Å². The van der Waals surface area contributed by atoms with Crippen molar-refractivity contribution in [2.75, 3.05) is 0 Å². The molecule has 0 atom stereocenters. The maximum atomic E-state index is 12.8. The van der Waals surface area contributed by atoms with Gasteiger partial charge in [0.1, 0.15) is 5.75 Å². The lowest BCUT2D eigenvalue weighted by Gasteiger charge is -2.23. The van der Waals surface area contributed by atoms with Gasteiger partial charge in [0.25, 0.3) is 0 Å². The molecule has 0 spiro atoms. The molecule has 1 rings (SSSR count). The van der Waals surface area contributed by atoms with Gasteiger partial charge in [-0.05, 0) is 29.5 Å². The minimum atomic E-state index is -4.21. The second kappa shape index (κ2) is 4.92. The third-order valence-corrected chi connectivity index (χ3v) is 3.01. The minimum absolute atomic E-state index is 0.0617. The molecule has 0 heterocycles. The minimum Gasteiger partial charge on any atom is -0.474 e. The predicted octanol–water partition coefficient (Wildman–Crippen LogP) is 3.43. The van der Waals surface area contributed by atoms with Crippen molar-refractivity contribution in [1.29, 1.82) is 0 Å². The number of benzene rings is 1. The lowest BCUT2D eigenvalue weighted by Crippen LogP contribution is -2.34. The van der Waals surface area contributed by atoms with E-state index in [4.69, 9.17) is 5.11 Å². The van der Waals surface area contributed by atoms with Gasteiger partial charge in [0.15, 0.2) is 0 Å². The van der Waals surface area contributed by atoms with Crippen LogP contribution in [0, 0.1) is 0 Å². The molecule has 1 N–H and O–H groups in total. The van der Waals surface area contributed by atoms with E-state index in [1.165, 1.54) is 12.1 Å². The Hall–Kier alpha value is -1.65. The molecule has 0 aliphatic rings. The van der Waals surface area contributed by atoms with Crippen LogP contribution in [0.2, 0.25) is 0 Å². The average Bonchev–Trinajstić information content (AvgIpc) is 2.29. The van der Waals surface area contributed by atoms with Gasteiger partial charge in [0.2, 0.25) is 0 Å². The number of carbonyl (C=O) groups is 1. The molecule has 1 aromatic rings. The van der Waals surface area contributed by atoms with Crippen LogP contribution in [0.15, 0.2) is 24.3 Å². The first-order chi connectivity index (χ1) is 8.19. The number of rotatable bonds is 5. The summed E-state index contributed by atoms with van der Waals surface area (Å²) in [5.74, 6) is -2.47. The van der Waals surface area contributed by atoms with Gasteiger partial charge in [-0.3, -0.25) is 0 Å². The predicted molar refractivity (Wildman–Crippen MR) is 63.0 cm³/mol. The van der Waals surface area contributed by atoms with E-state index in [0.29, 0.717) is 0 Å². The van der Waals surface area contributed by atoms with Crippen LogP contribution in [0.4, 0.5) is 8.78 Å². The lowest BCUT2D eigenvalue weighted by atomic mass is 9.82.